The van der Waals surface area contributed by atoms with Crippen LogP contribution in [0.25, 0.3) is 0 Å². The number of nitrogens with one attached hydrogen (secondary N) is 1. The highest BCUT2D eigenvalue weighted by Crippen LogP contribution is 2.26. The van der Waals surface area contributed by atoms with Gasteiger partial charge in [-0.05, 0) is 62.1 Å². The predicted molar refractivity (Wildman–Crippen MR) is 146 cm³/mol. The molecule has 0 radical (unpaired) electrons. The Morgan fingerprint density at radius 2 is 1.76 bits per heavy atom. The molecule has 1 N–H and O–H groups in total. The van der Waals surface area contributed by atoms with E-state index < -0.39 is 28.5 Å². The van der Waals surface area contributed by atoms with Crippen LogP contribution < -0.4 is 14.4 Å². The minimum Gasteiger partial charge on any atom is -0.497 e. The number of hydrogen-bond donors (Lipinski definition) is 1. The summed E-state index contributed by atoms with van der Waals surface area (Å²) in [5.74, 6) is -0.0773. The zero-order valence-corrected chi connectivity index (χ0v) is 23.4. The van der Waals surface area contributed by atoms with Crippen molar-refractivity contribution in [2.75, 3.05) is 24.2 Å². The fourth-order valence-electron chi connectivity index (χ4n) is 4.43. The van der Waals surface area contributed by atoms with Gasteiger partial charge < -0.3 is 15.0 Å². The van der Waals surface area contributed by atoms with Gasteiger partial charge in [-0.2, -0.15) is 0 Å². The van der Waals surface area contributed by atoms with Crippen LogP contribution in [0.2, 0.25) is 5.02 Å². The maximum absolute atomic E-state index is 13.7. The average molecular weight is 550 g/mol. The minimum atomic E-state index is -3.82. The van der Waals surface area contributed by atoms with Crippen molar-refractivity contribution >= 4 is 39.1 Å². The Morgan fingerprint density at radius 3 is 2.32 bits per heavy atom. The lowest BCUT2D eigenvalue weighted by Gasteiger charge is -2.33. The van der Waals surface area contributed by atoms with Crippen LogP contribution >= 0.6 is 11.6 Å². The summed E-state index contributed by atoms with van der Waals surface area (Å²) in [6, 6.07) is 11.3. The van der Waals surface area contributed by atoms with E-state index in [9.17, 15) is 18.0 Å². The van der Waals surface area contributed by atoms with Crippen molar-refractivity contribution in [2.45, 2.75) is 64.6 Å². The number of carbonyl (C=O) groups excluding carboxylic acids is 2. The van der Waals surface area contributed by atoms with Crippen molar-refractivity contribution in [2.24, 2.45) is 0 Å². The number of aryl methyl sites for hydroxylation is 1. The van der Waals surface area contributed by atoms with E-state index in [1.807, 2.05) is 19.1 Å². The number of hydrogen-bond acceptors (Lipinski definition) is 5. The topological polar surface area (TPSA) is 96.0 Å². The highest BCUT2D eigenvalue weighted by molar-refractivity contribution is 7.92. The second-order valence-corrected chi connectivity index (χ2v) is 11.9. The summed E-state index contributed by atoms with van der Waals surface area (Å²) in [7, 11) is -2.25. The van der Waals surface area contributed by atoms with Crippen LogP contribution in [0.1, 0.15) is 50.2 Å². The fourth-order valence-corrected chi connectivity index (χ4v) is 5.45. The number of sulfonamides is 1. The molecule has 3 rings (SSSR count). The van der Waals surface area contributed by atoms with Gasteiger partial charge in [-0.25, -0.2) is 8.42 Å². The predicted octanol–water partition coefficient (Wildman–Crippen LogP) is 4.29. The van der Waals surface area contributed by atoms with Gasteiger partial charge in [0, 0.05) is 17.6 Å². The highest BCUT2D eigenvalue weighted by atomic mass is 35.5. The van der Waals surface area contributed by atoms with E-state index in [-0.39, 0.29) is 24.2 Å². The molecule has 0 saturated heterocycles. The van der Waals surface area contributed by atoms with Crippen LogP contribution in [-0.2, 0) is 26.2 Å². The van der Waals surface area contributed by atoms with E-state index in [0.717, 1.165) is 53.8 Å². The first-order chi connectivity index (χ1) is 17.5. The van der Waals surface area contributed by atoms with Crippen molar-refractivity contribution in [1.29, 1.82) is 0 Å². The van der Waals surface area contributed by atoms with E-state index >= 15 is 0 Å². The third-order valence-corrected chi connectivity index (χ3v) is 8.30. The molecule has 1 aliphatic rings. The Balaban J connectivity index is 1.88. The normalized spacial score (nSPS) is 15.1. The molecule has 202 valence electrons. The summed E-state index contributed by atoms with van der Waals surface area (Å²) < 4.78 is 31.6. The Morgan fingerprint density at radius 1 is 1.11 bits per heavy atom. The molecule has 2 amide bonds. The number of methoxy groups -OCH3 is 1. The lowest BCUT2D eigenvalue weighted by molar-refractivity contribution is -0.139. The molecular weight excluding hydrogens is 514 g/mol. The molecule has 0 aromatic heterocycles. The minimum absolute atomic E-state index is 0.0869. The number of ether oxygens (including phenoxy) is 1. The lowest BCUT2D eigenvalue weighted by Crippen LogP contribution is -2.52. The van der Waals surface area contributed by atoms with Crippen LogP contribution in [0.4, 0.5) is 5.69 Å². The van der Waals surface area contributed by atoms with E-state index in [4.69, 9.17) is 16.3 Å². The molecule has 37 heavy (non-hydrogen) atoms. The third-order valence-electron chi connectivity index (χ3n) is 6.75. The maximum Gasteiger partial charge on any atom is 0.244 e. The van der Waals surface area contributed by atoms with Crippen molar-refractivity contribution in [3.05, 3.63) is 58.6 Å². The van der Waals surface area contributed by atoms with E-state index in [1.54, 1.807) is 38.3 Å². The number of rotatable bonds is 10. The summed E-state index contributed by atoms with van der Waals surface area (Å²) in [6.07, 6.45) is 6.17. The molecule has 1 atom stereocenters. The quantitative estimate of drug-likeness (QED) is 0.477. The van der Waals surface area contributed by atoms with Gasteiger partial charge in [0.1, 0.15) is 18.3 Å². The first kappa shape index (κ1) is 28.8. The summed E-state index contributed by atoms with van der Waals surface area (Å²) in [5, 5.41) is 3.48. The second-order valence-electron chi connectivity index (χ2n) is 9.59. The first-order valence-corrected chi connectivity index (χ1v) is 14.7. The van der Waals surface area contributed by atoms with Gasteiger partial charge in [0.2, 0.25) is 21.8 Å². The zero-order chi connectivity index (χ0) is 27.2. The smallest absolute Gasteiger partial charge is 0.244 e. The van der Waals surface area contributed by atoms with Crippen molar-refractivity contribution < 1.29 is 22.7 Å². The van der Waals surface area contributed by atoms with Gasteiger partial charge in [0.25, 0.3) is 0 Å². The second kappa shape index (κ2) is 12.6. The van der Waals surface area contributed by atoms with Gasteiger partial charge in [0.15, 0.2) is 0 Å². The van der Waals surface area contributed by atoms with Crippen LogP contribution in [0.5, 0.6) is 5.75 Å². The first-order valence-electron chi connectivity index (χ1n) is 12.5. The number of benzene rings is 2. The average Bonchev–Trinajstić information content (AvgIpc) is 2.87. The zero-order valence-electron chi connectivity index (χ0n) is 21.9. The molecule has 1 fully saturated rings. The van der Waals surface area contributed by atoms with Crippen molar-refractivity contribution in [1.82, 2.24) is 10.2 Å². The number of nitrogens with zero attached hydrogens (tertiary/aromatic N) is 2. The molecule has 1 saturated carbocycles. The lowest BCUT2D eigenvalue weighted by atomic mass is 9.95. The number of amides is 2. The van der Waals surface area contributed by atoms with E-state index in [2.05, 4.69) is 5.32 Å². The molecule has 0 heterocycles. The van der Waals surface area contributed by atoms with Crippen LogP contribution in [-0.4, -0.2) is 57.1 Å². The Bertz CT molecular complexity index is 1200. The monoisotopic (exact) mass is 549 g/mol. The van der Waals surface area contributed by atoms with Crippen LogP contribution in [0.3, 0.4) is 0 Å². The molecule has 0 bridgehead atoms. The number of halogens is 1. The molecule has 0 aliphatic heterocycles. The van der Waals surface area contributed by atoms with E-state index in [1.165, 1.54) is 11.0 Å². The largest absolute Gasteiger partial charge is 0.497 e. The number of anilines is 1. The molecule has 2 aromatic carbocycles. The molecule has 1 aliphatic carbocycles. The van der Waals surface area contributed by atoms with Gasteiger partial charge in [-0.1, -0.05) is 49.1 Å². The fraction of sp³-hybridized carbons (Fsp3) is 0.481. The van der Waals surface area contributed by atoms with Gasteiger partial charge >= 0.3 is 0 Å². The van der Waals surface area contributed by atoms with Crippen molar-refractivity contribution in [3.8, 4) is 5.75 Å². The molecule has 10 heteroatoms. The van der Waals surface area contributed by atoms with Crippen molar-refractivity contribution in [3.63, 3.8) is 0 Å². The maximum atomic E-state index is 13.7. The number of carbonyl (C=O) groups is 2. The molecular formula is C27H36ClN3O5S. The Hall–Kier alpha value is -2.78. The summed E-state index contributed by atoms with van der Waals surface area (Å²) in [4.78, 5) is 28.3. The SMILES string of the molecule is COc1ccc(CN(C(=O)CN(c2ccc(C)c(Cl)c2)S(C)(=O)=O)[C@@H](C)C(=O)NC2CCCCC2)cc1. The van der Waals surface area contributed by atoms with Gasteiger partial charge in [-0.3, -0.25) is 13.9 Å². The Labute approximate surface area is 225 Å². The van der Waals surface area contributed by atoms with Crippen LogP contribution in [0.15, 0.2) is 42.5 Å². The highest BCUT2D eigenvalue weighted by Gasteiger charge is 2.31. The van der Waals surface area contributed by atoms with Crippen LogP contribution in [0, 0.1) is 6.92 Å². The standard InChI is InChI=1S/C27H36ClN3O5S/c1-19-10-13-23(16-25(19)28)31(37(4,34)35)18-26(32)30(17-21-11-14-24(36-3)15-12-21)20(2)27(33)29-22-8-6-5-7-9-22/h10-16,20,22H,5-9,17-18H2,1-4H3,(H,29,33)/t20-/m0/s1. The molecule has 0 spiro atoms. The summed E-state index contributed by atoms with van der Waals surface area (Å²) >= 11 is 6.24. The Kier molecular flexibility index (Phi) is 9.84. The molecule has 0 unspecified atom stereocenters. The van der Waals surface area contributed by atoms with E-state index in [0.29, 0.717) is 10.8 Å². The molecule has 2 aromatic rings. The third kappa shape index (κ3) is 7.85. The summed E-state index contributed by atoms with van der Waals surface area (Å²) in [5.41, 5.74) is 1.87. The molecule has 8 nitrogen and oxygen atoms in total. The summed E-state index contributed by atoms with van der Waals surface area (Å²) in [6.45, 7) is 3.15. The van der Waals surface area contributed by atoms with Gasteiger partial charge in [0.05, 0.1) is 19.1 Å². The van der Waals surface area contributed by atoms with Gasteiger partial charge in [-0.15, -0.1) is 0 Å².